The van der Waals surface area contributed by atoms with Gasteiger partial charge in [-0.3, -0.25) is 14.8 Å². The molecule has 0 spiro atoms. The number of aliphatic hydroxyl groups excluding tert-OH is 1. The van der Waals surface area contributed by atoms with E-state index >= 15 is 0 Å². The molecule has 0 aromatic carbocycles. The van der Waals surface area contributed by atoms with Gasteiger partial charge >= 0.3 is 5.69 Å². The molecular formula is C10H16F2N4O3. The van der Waals surface area contributed by atoms with Crippen LogP contribution in [-0.4, -0.2) is 45.4 Å². The number of nitrogens with one attached hydrogen (secondary N) is 1. The Kier molecular flexibility index (Phi) is 5.31. The van der Waals surface area contributed by atoms with Crippen LogP contribution < -0.4 is 5.32 Å². The first-order valence-corrected chi connectivity index (χ1v) is 5.68. The number of halogens is 2. The van der Waals surface area contributed by atoms with Crippen LogP contribution in [0.25, 0.3) is 0 Å². The number of aliphatic hydroxyl groups is 1. The summed E-state index contributed by atoms with van der Waals surface area (Å²) in [4.78, 5) is 10.3. The van der Waals surface area contributed by atoms with Gasteiger partial charge in [0.2, 0.25) is 0 Å². The van der Waals surface area contributed by atoms with Gasteiger partial charge in [-0.2, -0.15) is 5.10 Å². The number of hydrogen-bond acceptors (Lipinski definition) is 5. The maximum Gasteiger partial charge on any atom is 0.312 e. The normalized spacial score (nSPS) is 12.9. The van der Waals surface area contributed by atoms with Gasteiger partial charge in [-0.15, -0.1) is 0 Å². The predicted molar refractivity (Wildman–Crippen MR) is 63.2 cm³/mol. The lowest BCUT2D eigenvalue weighted by Crippen LogP contribution is -2.33. The average molecular weight is 278 g/mol. The lowest BCUT2D eigenvalue weighted by Gasteiger charge is -2.12. The Labute approximate surface area is 108 Å². The number of rotatable bonds is 7. The smallest absolute Gasteiger partial charge is 0.312 e. The molecule has 1 atom stereocenters. The van der Waals surface area contributed by atoms with E-state index < -0.39 is 24.0 Å². The van der Waals surface area contributed by atoms with E-state index in [0.717, 1.165) is 0 Å². The molecule has 0 saturated carbocycles. The summed E-state index contributed by atoms with van der Waals surface area (Å²) in [7, 11) is 0. The third kappa shape index (κ3) is 4.21. The molecule has 1 rings (SSSR count). The van der Waals surface area contributed by atoms with E-state index in [1.807, 2.05) is 0 Å². The first kappa shape index (κ1) is 15.4. The van der Waals surface area contributed by atoms with Gasteiger partial charge in [0.1, 0.15) is 11.4 Å². The Balaban J connectivity index is 2.62. The summed E-state index contributed by atoms with van der Waals surface area (Å²) in [5, 5.41) is 26.8. The maximum absolute atomic E-state index is 11.9. The molecule has 0 amide bonds. The van der Waals surface area contributed by atoms with Crippen LogP contribution in [0, 0.1) is 24.0 Å². The van der Waals surface area contributed by atoms with Crippen LogP contribution in [-0.2, 0) is 6.54 Å². The quantitative estimate of drug-likeness (QED) is 0.563. The van der Waals surface area contributed by atoms with Crippen molar-refractivity contribution in [1.82, 2.24) is 15.1 Å². The number of nitro groups is 1. The summed E-state index contributed by atoms with van der Waals surface area (Å²) in [5.41, 5.74) is 0.499. The lowest BCUT2D eigenvalue weighted by molar-refractivity contribution is -0.386. The minimum absolute atomic E-state index is 0.0107. The third-order valence-corrected chi connectivity index (χ3v) is 2.59. The molecule has 0 aliphatic heterocycles. The van der Waals surface area contributed by atoms with Gasteiger partial charge in [0.25, 0.3) is 6.43 Å². The fraction of sp³-hybridized carbons (Fsp3) is 0.700. The van der Waals surface area contributed by atoms with Crippen LogP contribution in [0.4, 0.5) is 14.5 Å². The van der Waals surface area contributed by atoms with E-state index in [9.17, 15) is 24.0 Å². The van der Waals surface area contributed by atoms with E-state index in [1.165, 1.54) is 18.5 Å². The Hall–Kier alpha value is -1.61. The molecule has 1 aromatic rings. The molecule has 7 nitrogen and oxygen atoms in total. The molecular weight excluding hydrogens is 262 g/mol. The van der Waals surface area contributed by atoms with Crippen molar-refractivity contribution in [2.45, 2.75) is 32.9 Å². The fourth-order valence-electron chi connectivity index (χ4n) is 1.75. The minimum atomic E-state index is -2.48. The van der Waals surface area contributed by atoms with E-state index in [1.54, 1.807) is 0 Å². The number of aromatic nitrogens is 2. The number of aryl methyl sites for hydroxylation is 1. The highest BCUT2D eigenvalue weighted by atomic mass is 19.3. The van der Waals surface area contributed by atoms with Gasteiger partial charge in [-0.05, 0) is 13.8 Å². The highest BCUT2D eigenvalue weighted by Crippen LogP contribution is 2.21. The number of nitrogens with zero attached hydrogens (tertiary/aromatic N) is 3. The van der Waals surface area contributed by atoms with E-state index in [-0.39, 0.29) is 24.5 Å². The van der Waals surface area contributed by atoms with Crippen LogP contribution in [0.2, 0.25) is 0 Å². The zero-order chi connectivity index (χ0) is 14.6. The molecule has 0 fully saturated rings. The van der Waals surface area contributed by atoms with Crippen LogP contribution in [0.3, 0.4) is 0 Å². The number of hydrogen-bond donors (Lipinski definition) is 2. The molecule has 0 saturated heterocycles. The first-order valence-electron chi connectivity index (χ1n) is 5.68. The van der Waals surface area contributed by atoms with Crippen molar-refractivity contribution in [3.8, 4) is 0 Å². The molecule has 0 bridgehead atoms. The van der Waals surface area contributed by atoms with E-state index in [4.69, 9.17) is 0 Å². The first-order chi connectivity index (χ1) is 8.82. The van der Waals surface area contributed by atoms with Gasteiger partial charge in [0.05, 0.1) is 24.1 Å². The highest BCUT2D eigenvalue weighted by molar-refractivity contribution is 5.39. The monoisotopic (exact) mass is 278 g/mol. The van der Waals surface area contributed by atoms with Crippen molar-refractivity contribution in [1.29, 1.82) is 0 Å². The molecule has 1 unspecified atom stereocenters. The Morgan fingerprint density at radius 1 is 1.47 bits per heavy atom. The van der Waals surface area contributed by atoms with Gasteiger partial charge in [0, 0.05) is 6.54 Å². The van der Waals surface area contributed by atoms with Crippen LogP contribution >= 0.6 is 0 Å². The van der Waals surface area contributed by atoms with Gasteiger partial charge in [0.15, 0.2) is 0 Å². The largest absolute Gasteiger partial charge is 0.390 e. The lowest BCUT2D eigenvalue weighted by atomic mass is 10.3. The van der Waals surface area contributed by atoms with Gasteiger partial charge in [-0.1, -0.05) is 0 Å². The van der Waals surface area contributed by atoms with Crippen molar-refractivity contribution in [3.63, 3.8) is 0 Å². The van der Waals surface area contributed by atoms with Crippen LogP contribution in [0.15, 0.2) is 0 Å². The minimum Gasteiger partial charge on any atom is -0.390 e. The van der Waals surface area contributed by atoms with E-state index in [0.29, 0.717) is 5.69 Å². The van der Waals surface area contributed by atoms with Crippen molar-refractivity contribution >= 4 is 5.69 Å². The van der Waals surface area contributed by atoms with Crippen molar-refractivity contribution < 1.29 is 18.8 Å². The summed E-state index contributed by atoms with van der Waals surface area (Å²) in [6.45, 7) is 2.50. The molecule has 1 heterocycles. The van der Waals surface area contributed by atoms with Gasteiger partial charge in [-0.25, -0.2) is 8.78 Å². The summed E-state index contributed by atoms with van der Waals surface area (Å²) in [5.74, 6) is 0. The molecule has 19 heavy (non-hydrogen) atoms. The molecule has 1 aromatic heterocycles. The van der Waals surface area contributed by atoms with Crippen LogP contribution in [0.5, 0.6) is 0 Å². The Morgan fingerprint density at radius 3 is 2.58 bits per heavy atom. The summed E-state index contributed by atoms with van der Waals surface area (Å²) in [6, 6.07) is 0. The highest BCUT2D eigenvalue weighted by Gasteiger charge is 2.22. The standard InChI is InChI=1S/C10H16F2N4O3/c1-6-10(16(18)19)7(2)15(14-6)5-8(17)3-13-4-9(11)12/h8-9,13,17H,3-5H2,1-2H3. The van der Waals surface area contributed by atoms with E-state index in [2.05, 4.69) is 10.4 Å². The average Bonchev–Trinajstić information content (AvgIpc) is 2.53. The summed E-state index contributed by atoms with van der Waals surface area (Å²) in [6.07, 6.45) is -3.43. The summed E-state index contributed by atoms with van der Waals surface area (Å²) < 4.78 is 25.1. The van der Waals surface area contributed by atoms with Crippen molar-refractivity contribution in [2.24, 2.45) is 0 Å². The molecule has 2 N–H and O–H groups in total. The topological polar surface area (TPSA) is 93.2 Å². The zero-order valence-corrected chi connectivity index (χ0v) is 10.6. The molecule has 0 radical (unpaired) electrons. The molecule has 9 heteroatoms. The Morgan fingerprint density at radius 2 is 2.11 bits per heavy atom. The second-order valence-electron chi connectivity index (χ2n) is 4.16. The second kappa shape index (κ2) is 6.53. The second-order valence-corrected chi connectivity index (χ2v) is 4.16. The predicted octanol–water partition coefficient (Wildman–Crippen LogP) is 0.624. The van der Waals surface area contributed by atoms with Crippen molar-refractivity contribution in [2.75, 3.05) is 13.1 Å². The molecule has 0 aliphatic carbocycles. The Bertz CT molecular complexity index is 450. The van der Waals surface area contributed by atoms with Crippen LogP contribution in [0.1, 0.15) is 11.4 Å². The SMILES string of the molecule is Cc1nn(CC(O)CNCC(F)F)c(C)c1[N+](=O)[O-]. The third-order valence-electron chi connectivity index (χ3n) is 2.59. The fourth-order valence-corrected chi connectivity index (χ4v) is 1.75. The molecule has 108 valence electrons. The number of alkyl halides is 2. The zero-order valence-electron chi connectivity index (χ0n) is 10.6. The van der Waals surface area contributed by atoms with Crippen molar-refractivity contribution in [3.05, 3.63) is 21.5 Å². The van der Waals surface area contributed by atoms with Gasteiger partial charge < -0.3 is 10.4 Å². The summed E-state index contributed by atoms with van der Waals surface area (Å²) >= 11 is 0. The maximum atomic E-state index is 11.9. The molecule has 0 aliphatic rings.